The largest absolute Gasteiger partial charge is 0.341 e. The van der Waals surface area contributed by atoms with Crippen LogP contribution in [0.25, 0.3) is 0 Å². The molecule has 1 aromatic heterocycles. The maximum atomic E-state index is 13.0. The third-order valence-corrected chi connectivity index (χ3v) is 5.12. The number of aromatic nitrogens is 3. The molecule has 0 spiro atoms. The highest BCUT2D eigenvalue weighted by molar-refractivity contribution is 5.94. The second-order valence-corrected chi connectivity index (χ2v) is 7.63. The first-order chi connectivity index (χ1) is 12.4. The Morgan fingerprint density at radius 1 is 1.35 bits per heavy atom. The Labute approximate surface area is 151 Å². The fourth-order valence-corrected chi connectivity index (χ4v) is 3.55. The summed E-state index contributed by atoms with van der Waals surface area (Å²) in [4.78, 5) is 14.1. The van der Waals surface area contributed by atoms with Crippen molar-refractivity contribution < 1.29 is 13.6 Å². The number of carbonyl (C=O) groups is 1. The Bertz CT molecular complexity index is 807. The Hall–Kier alpha value is -2.31. The number of alkyl halides is 2. The first-order valence-corrected chi connectivity index (χ1v) is 9.02. The Balaban J connectivity index is 1.38. The van der Waals surface area contributed by atoms with E-state index in [1.165, 1.54) is 12.8 Å². The van der Waals surface area contributed by atoms with Crippen molar-refractivity contribution in [3.8, 4) is 0 Å². The molecule has 1 amide bonds. The molecule has 2 aliphatic rings. The van der Waals surface area contributed by atoms with Gasteiger partial charge in [0.1, 0.15) is 0 Å². The standard InChI is InChI=1S/C19H22F2N4O/c1-24(10-14-8-19(20,21)9-14)18(26)16-4-2-3-13(7-16)11-25-12-17(22-23-25)15-5-6-15/h2-4,7,12,14-15H,5-6,8-11H2,1H3. The average Bonchev–Trinajstić information content (AvgIpc) is 3.33. The summed E-state index contributed by atoms with van der Waals surface area (Å²) >= 11 is 0. The quantitative estimate of drug-likeness (QED) is 0.794. The van der Waals surface area contributed by atoms with Gasteiger partial charge < -0.3 is 4.90 Å². The summed E-state index contributed by atoms with van der Waals surface area (Å²) in [5.41, 5.74) is 2.57. The van der Waals surface area contributed by atoms with Gasteiger partial charge in [0.05, 0.1) is 12.2 Å². The highest BCUT2D eigenvalue weighted by Gasteiger charge is 2.45. The molecule has 0 atom stereocenters. The normalized spacial score (nSPS) is 19.2. The smallest absolute Gasteiger partial charge is 0.253 e. The van der Waals surface area contributed by atoms with Crippen molar-refractivity contribution in [3.63, 3.8) is 0 Å². The number of carbonyl (C=O) groups excluding carboxylic acids is 1. The summed E-state index contributed by atoms with van der Waals surface area (Å²) in [5.74, 6) is -2.24. The highest BCUT2D eigenvalue weighted by atomic mass is 19.3. The van der Waals surface area contributed by atoms with Crippen LogP contribution in [0.5, 0.6) is 0 Å². The van der Waals surface area contributed by atoms with Crippen molar-refractivity contribution in [3.05, 3.63) is 47.3 Å². The number of rotatable bonds is 6. The number of hydrogen-bond donors (Lipinski definition) is 0. The monoisotopic (exact) mass is 360 g/mol. The van der Waals surface area contributed by atoms with Gasteiger partial charge in [-0.15, -0.1) is 5.10 Å². The third-order valence-electron chi connectivity index (χ3n) is 5.12. The molecule has 0 N–H and O–H groups in total. The minimum Gasteiger partial charge on any atom is -0.341 e. The van der Waals surface area contributed by atoms with E-state index in [0.29, 0.717) is 24.6 Å². The molecule has 0 unspecified atom stereocenters. The predicted molar refractivity (Wildman–Crippen MR) is 92.2 cm³/mol. The summed E-state index contributed by atoms with van der Waals surface area (Å²) in [6.45, 7) is 0.922. The van der Waals surface area contributed by atoms with Crippen LogP contribution in [0, 0.1) is 5.92 Å². The van der Waals surface area contributed by atoms with Crippen molar-refractivity contribution in [2.45, 2.75) is 44.1 Å². The minimum atomic E-state index is -2.55. The van der Waals surface area contributed by atoms with Gasteiger partial charge in [-0.2, -0.15) is 0 Å². The van der Waals surface area contributed by atoms with Gasteiger partial charge in [0.2, 0.25) is 5.92 Å². The zero-order valence-electron chi connectivity index (χ0n) is 14.7. The lowest BCUT2D eigenvalue weighted by atomic mass is 9.81. The summed E-state index contributed by atoms with van der Waals surface area (Å²) in [5, 5.41) is 8.35. The molecule has 0 radical (unpaired) electrons. The molecule has 5 nitrogen and oxygen atoms in total. The van der Waals surface area contributed by atoms with Crippen LogP contribution in [-0.4, -0.2) is 45.3 Å². The Kier molecular flexibility index (Phi) is 4.25. The molecule has 2 fully saturated rings. The van der Waals surface area contributed by atoms with Gasteiger partial charge in [0.25, 0.3) is 5.91 Å². The lowest BCUT2D eigenvalue weighted by Crippen LogP contribution is -2.43. The fraction of sp³-hybridized carbons (Fsp3) is 0.526. The highest BCUT2D eigenvalue weighted by Crippen LogP contribution is 2.42. The van der Waals surface area contributed by atoms with Crippen LogP contribution < -0.4 is 0 Å². The van der Waals surface area contributed by atoms with E-state index in [9.17, 15) is 13.6 Å². The summed E-state index contributed by atoms with van der Waals surface area (Å²) in [6.07, 6.45) is 4.08. The Morgan fingerprint density at radius 2 is 2.12 bits per heavy atom. The molecule has 4 rings (SSSR count). The molecule has 7 heteroatoms. The van der Waals surface area contributed by atoms with E-state index in [1.807, 2.05) is 24.4 Å². The molecule has 0 saturated heterocycles. The summed E-state index contributed by atoms with van der Waals surface area (Å²) < 4.78 is 27.7. The van der Waals surface area contributed by atoms with E-state index in [4.69, 9.17) is 0 Å². The lowest BCUT2D eigenvalue weighted by Gasteiger charge is -2.37. The van der Waals surface area contributed by atoms with E-state index < -0.39 is 5.92 Å². The van der Waals surface area contributed by atoms with Gasteiger partial charge in [-0.05, 0) is 36.5 Å². The van der Waals surface area contributed by atoms with Crippen molar-refractivity contribution in [2.75, 3.05) is 13.6 Å². The van der Waals surface area contributed by atoms with Crippen LogP contribution in [0.1, 0.15) is 53.2 Å². The number of benzene rings is 1. The number of hydrogen-bond acceptors (Lipinski definition) is 3. The minimum absolute atomic E-state index is 0.113. The van der Waals surface area contributed by atoms with Crippen molar-refractivity contribution in [1.82, 2.24) is 19.9 Å². The SMILES string of the molecule is CN(CC1CC(F)(F)C1)C(=O)c1cccc(Cn2cc(C3CC3)nn2)c1. The van der Waals surface area contributed by atoms with Crippen molar-refractivity contribution in [2.24, 2.45) is 5.92 Å². The van der Waals surface area contributed by atoms with Crippen LogP contribution in [0.15, 0.2) is 30.5 Å². The first-order valence-electron chi connectivity index (χ1n) is 9.02. The van der Waals surface area contributed by atoms with Crippen LogP contribution >= 0.6 is 0 Å². The number of halogens is 2. The van der Waals surface area contributed by atoms with Crippen LogP contribution in [0.3, 0.4) is 0 Å². The van der Waals surface area contributed by atoms with Gasteiger partial charge in [-0.1, -0.05) is 17.3 Å². The molecule has 138 valence electrons. The molecule has 1 aromatic carbocycles. The second-order valence-electron chi connectivity index (χ2n) is 7.63. The molecule has 2 saturated carbocycles. The predicted octanol–water partition coefficient (Wildman–Crippen LogP) is 3.32. The summed E-state index contributed by atoms with van der Waals surface area (Å²) in [7, 11) is 1.67. The van der Waals surface area contributed by atoms with Gasteiger partial charge in [-0.25, -0.2) is 13.5 Å². The molecule has 0 aliphatic heterocycles. The fourth-order valence-electron chi connectivity index (χ4n) is 3.55. The lowest BCUT2D eigenvalue weighted by molar-refractivity contribution is -0.113. The van der Waals surface area contributed by atoms with Crippen molar-refractivity contribution >= 4 is 5.91 Å². The van der Waals surface area contributed by atoms with Crippen LogP contribution in [0.4, 0.5) is 8.78 Å². The second kappa shape index (κ2) is 6.45. The van der Waals surface area contributed by atoms with E-state index in [-0.39, 0.29) is 24.7 Å². The van der Waals surface area contributed by atoms with E-state index in [0.717, 1.165) is 11.3 Å². The van der Waals surface area contributed by atoms with Crippen LogP contribution in [0.2, 0.25) is 0 Å². The number of nitrogens with zero attached hydrogens (tertiary/aromatic N) is 4. The molecule has 2 aromatic rings. The molecular weight excluding hydrogens is 338 g/mol. The first kappa shape index (κ1) is 17.1. The van der Waals surface area contributed by atoms with Gasteiger partial charge in [0, 0.05) is 44.1 Å². The zero-order chi connectivity index (χ0) is 18.3. The van der Waals surface area contributed by atoms with Gasteiger partial charge >= 0.3 is 0 Å². The molecular formula is C19H22F2N4O. The average molecular weight is 360 g/mol. The number of amides is 1. The van der Waals surface area contributed by atoms with Crippen LogP contribution in [-0.2, 0) is 6.54 Å². The van der Waals surface area contributed by atoms with E-state index >= 15 is 0 Å². The van der Waals surface area contributed by atoms with E-state index in [2.05, 4.69) is 10.3 Å². The molecule has 2 aliphatic carbocycles. The van der Waals surface area contributed by atoms with E-state index in [1.54, 1.807) is 22.7 Å². The maximum absolute atomic E-state index is 13.0. The Morgan fingerprint density at radius 3 is 2.81 bits per heavy atom. The molecule has 0 bridgehead atoms. The van der Waals surface area contributed by atoms with Gasteiger partial charge in [0.15, 0.2) is 0 Å². The molecule has 1 heterocycles. The summed E-state index contributed by atoms with van der Waals surface area (Å²) in [6, 6.07) is 7.38. The maximum Gasteiger partial charge on any atom is 0.253 e. The third kappa shape index (κ3) is 3.76. The van der Waals surface area contributed by atoms with Gasteiger partial charge in [-0.3, -0.25) is 4.79 Å². The van der Waals surface area contributed by atoms with Crippen molar-refractivity contribution in [1.29, 1.82) is 0 Å². The molecule has 26 heavy (non-hydrogen) atoms. The zero-order valence-corrected chi connectivity index (χ0v) is 14.7. The topological polar surface area (TPSA) is 51.0 Å².